The van der Waals surface area contributed by atoms with Crippen LogP contribution in [0, 0.1) is 11.3 Å². The lowest BCUT2D eigenvalue weighted by molar-refractivity contribution is 0.304. The van der Waals surface area contributed by atoms with Gasteiger partial charge in [-0.1, -0.05) is 72.3 Å². The van der Waals surface area contributed by atoms with Gasteiger partial charge in [0.15, 0.2) is 0 Å². The third-order valence-corrected chi connectivity index (χ3v) is 5.71. The summed E-state index contributed by atoms with van der Waals surface area (Å²) >= 11 is 9.81. The van der Waals surface area contributed by atoms with Crippen molar-refractivity contribution in [3.63, 3.8) is 0 Å². The van der Waals surface area contributed by atoms with Gasteiger partial charge in [0.05, 0.1) is 16.1 Å². The van der Waals surface area contributed by atoms with Crippen LogP contribution in [0.3, 0.4) is 0 Å². The number of ether oxygens (including phenoxy) is 1. The van der Waals surface area contributed by atoms with Gasteiger partial charge in [-0.3, -0.25) is 0 Å². The number of benzene rings is 4. The molecule has 0 radical (unpaired) electrons. The average molecular weight is 475 g/mol. The molecular weight excluding hydrogens is 458 g/mol. The van der Waals surface area contributed by atoms with E-state index in [1.54, 1.807) is 6.07 Å². The van der Waals surface area contributed by atoms with Gasteiger partial charge >= 0.3 is 0 Å². The second-order valence-electron chi connectivity index (χ2n) is 6.81. The Balaban J connectivity index is 1.52. The van der Waals surface area contributed by atoms with Crippen LogP contribution in [0.15, 0.2) is 89.4 Å². The SMILES string of the molecule is N#CC(=Cc1ccc(OCc2ccc3ccccc3c2)c(Br)c1)c1ccccc1Cl. The van der Waals surface area contributed by atoms with Crippen LogP contribution in [0.1, 0.15) is 16.7 Å². The third kappa shape index (κ3) is 4.57. The predicted octanol–water partition coefficient (Wildman–Crippen LogP) is 7.90. The zero-order valence-electron chi connectivity index (χ0n) is 16.0. The highest BCUT2D eigenvalue weighted by Gasteiger charge is 2.08. The molecule has 0 saturated heterocycles. The van der Waals surface area contributed by atoms with Gasteiger partial charge in [0.1, 0.15) is 12.4 Å². The minimum atomic E-state index is 0.474. The maximum atomic E-state index is 9.56. The van der Waals surface area contributed by atoms with Gasteiger partial charge in [0.25, 0.3) is 0 Å². The summed E-state index contributed by atoms with van der Waals surface area (Å²) in [6.07, 6.45) is 1.82. The van der Waals surface area contributed by atoms with Crippen LogP contribution in [0.2, 0.25) is 5.02 Å². The maximum Gasteiger partial charge on any atom is 0.134 e. The molecule has 0 amide bonds. The van der Waals surface area contributed by atoms with E-state index in [9.17, 15) is 5.26 Å². The first-order chi connectivity index (χ1) is 14.6. The third-order valence-electron chi connectivity index (χ3n) is 4.76. The number of halogens is 2. The predicted molar refractivity (Wildman–Crippen MR) is 127 cm³/mol. The molecule has 0 aromatic heterocycles. The number of fused-ring (bicyclic) bond motifs is 1. The average Bonchev–Trinajstić information content (AvgIpc) is 2.77. The summed E-state index contributed by atoms with van der Waals surface area (Å²) in [5.74, 6) is 0.747. The Labute approximate surface area is 189 Å². The summed E-state index contributed by atoms with van der Waals surface area (Å²) in [6, 6.07) is 29.9. The molecule has 0 N–H and O–H groups in total. The molecule has 0 aliphatic heterocycles. The molecule has 4 heteroatoms. The Bertz CT molecular complexity index is 1290. The molecule has 0 unspecified atom stereocenters. The zero-order chi connectivity index (χ0) is 20.9. The summed E-state index contributed by atoms with van der Waals surface area (Å²) in [5, 5.41) is 12.5. The van der Waals surface area contributed by atoms with Gasteiger partial charge in [0.2, 0.25) is 0 Å². The van der Waals surface area contributed by atoms with Crippen molar-refractivity contribution in [2.24, 2.45) is 0 Å². The number of nitriles is 1. The van der Waals surface area contributed by atoms with Crippen molar-refractivity contribution in [2.75, 3.05) is 0 Å². The Morgan fingerprint density at radius 2 is 1.70 bits per heavy atom. The largest absolute Gasteiger partial charge is 0.488 e. The highest BCUT2D eigenvalue weighted by molar-refractivity contribution is 9.10. The molecule has 0 bridgehead atoms. The summed E-state index contributed by atoms with van der Waals surface area (Å²) in [4.78, 5) is 0. The summed E-state index contributed by atoms with van der Waals surface area (Å²) in [5.41, 5.74) is 3.22. The standard InChI is InChI=1S/C26H17BrClNO/c27-24-15-18(13-22(16-29)23-7-3-4-8-25(23)28)10-12-26(24)30-17-19-9-11-20-5-1-2-6-21(20)14-19/h1-15H,17H2. The van der Waals surface area contributed by atoms with Crippen LogP contribution in [-0.2, 0) is 6.61 Å². The second-order valence-corrected chi connectivity index (χ2v) is 8.07. The van der Waals surface area contributed by atoms with Crippen LogP contribution < -0.4 is 4.74 Å². The molecule has 4 aromatic rings. The van der Waals surface area contributed by atoms with Gasteiger partial charge in [-0.2, -0.15) is 5.26 Å². The highest BCUT2D eigenvalue weighted by Crippen LogP contribution is 2.30. The van der Waals surface area contributed by atoms with Crippen molar-refractivity contribution < 1.29 is 4.74 Å². The van der Waals surface area contributed by atoms with Crippen molar-refractivity contribution in [1.29, 1.82) is 5.26 Å². The first-order valence-corrected chi connectivity index (χ1v) is 10.6. The van der Waals surface area contributed by atoms with E-state index in [2.05, 4.69) is 52.3 Å². The molecule has 0 saturated carbocycles. The first kappa shape index (κ1) is 20.2. The minimum absolute atomic E-state index is 0.474. The summed E-state index contributed by atoms with van der Waals surface area (Å²) in [6.45, 7) is 0.474. The lowest BCUT2D eigenvalue weighted by Crippen LogP contribution is -1.96. The molecule has 0 aliphatic carbocycles. The van der Waals surface area contributed by atoms with Gasteiger partial charge in [0, 0.05) is 10.6 Å². The van der Waals surface area contributed by atoms with E-state index >= 15 is 0 Å². The van der Waals surface area contributed by atoms with E-state index in [-0.39, 0.29) is 0 Å². The number of nitrogens with zero attached hydrogens (tertiary/aromatic N) is 1. The Morgan fingerprint density at radius 3 is 2.47 bits per heavy atom. The molecular formula is C26H17BrClNO. The number of rotatable bonds is 5. The van der Waals surface area contributed by atoms with Crippen LogP contribution in [0.25, 0.3) is 22.4 Å². The number of hydrogen-bond donors (Lipinski definition) is 0. The molecule has 4 aromatic carbocycles. The van der Waals surface area contributed by atoms with E-state index in [0.717, 1.165) is 26.9 Å². The number of hydrogen-bond acceptors (Lipinski definition) is 2. The Morgan fingerprint density at radius 1 is 0.933 bits per heavy atom. The van der Waals surface area contributed by atoms with Gasteiger partial charge in [-0.15, -0.1) is 0 Å². The van der Waals surface area contributed by atoms with Crippen LogP contribution in [-0.4, -0.2) is 0 Å². The van der Waals surface area contributed by atoms with Crippen molar-refractivity contribution >= 4 is 50.0 Å². The van der Waals surface area contributed by atoms with Crippen LogP contribution in [0.4, 0.5) is 0 Å². The minimum Gasteiger partial charge on any atom is -0.488 e. The molecule has 30 heavy (non-hydrogen) atoms. The van der Waals surface area contributed by atoms with Gasteiger partial charge in [-0.05, 0) is 68.2 Å². The summed E-state index contributed by atoms with van der Waals surface area (Å²) in [7, 11) is 0. The monoisotopic (exact) mass is 473 g/mol. The van der Waals surface area contributed by atoms with E-state index in [0.29, 0.717) is 17.2 Å². The Hall–Kier alpha value is -3.06. The molecule has 4 rings (SSSR count). The molecule has 0 aliphatic rings. The fourth-order valence-corrected chi connectivity index (χ4v) is 3.98. The molecule has 0 atom stereocenters. The van der Waals surface area contributed by atoms with Crippen molar-refractivity contribution in [3.05, 3.63) is 111 Å². The van der Waals surface area contributed by atoms with Crippen molar-refractivity contribution in [1.82, 2.24) is 0 Å². The Kier molecular flexibility index (Phi) is 6.18. The van der Waals surface area contributed by atoms with E-state index in [4.69, 9.17) is 16.3 Å². The topological polar surface area (TPSA) is 33.0 Å². The van der Waals surface area contributed by atoms with E-state index in [1.165, 1.54) is 10.8 Å². The first-order valence-electron chi connectivity index (χ1n) is 9.41. The summed E-state index contributed by atoms with van der Waals surface area (Å²) < 4.78 is 6.84. The van der Waals surface area contributed by atoms with Crippen LogP contribution >= 0.6 is 27.5 Å². The smallest absolute Gasteiger partial charge is 0.134 e. The van der Waals surface area contributed by atoms with Crippen LogP contribution in [0.5, 0.6) is 5.75 Å². The molecule has 2 nitrogen and oxygen atoms in total. The van der Waals surface area contributed by atoms with Crippen molar-refractivity contribution in [3.8, 4) is 11.8 Å². The van der Waals surface area contributed by atoms with Gasteiger partial charge < -0.3 is 4.74 Å². The molecule has 0 heterocycles. The second kappa shape index (κ2) is 9.17. The fourth-order valence-electron chi connectivity index (χ4n) is 3.23. The lowest BCUT2D eigenvalue weighted by Gasteiger charge is -2.10. The lowest BCUT2D eigenvalue weighted by atomic mass is 10.0. The quantitative estimate of drug-likeness (QED) is 0.217. The fraction of sp³-hybridized carbons (Fsp3) is 0.0385. The van der Waals surface area contributed by atoms with E-state index in [1.807, 2.05) is 54.6 Å². The maximum absolute atomic E-state index is 9.56. The van der Waals surface area contributed by atoms with E-state index < -0.39 is 0 Å². The molecule has 0 fully saturated rings. The zero-order valence-corrected chi connectivity index (χ0v) is 18.3. The molecule has 0 spiro atoms. The molecule has 146 valence electrons. The van der Waals surface area contributed by atoms with Gasteiger partial charge in [-0.25, -0.2) is 0 Å². The normalized spacial score (nSPS) is 11.3. The van der Waals surface area contributed by atoms with Crippen molar-refractivity contribution in [2.45, 2.75) is 6.61 Å². The highest BCUT2D eigenvalue weighted by atomic mass is 79.9. The number of allylic oxidation sites excluding steroid dienone is 1.